The molecule has 0 aliphatic heterocycles. The number of carbonyl (C=O) groups is 4. The second-order valence-corrected chi connectivity index (χ2v) is 3.90. The van der Waals surface area contributed by atoms with Crippen LogP contribution in [0.5, 0.6) is 0 Å². The van der Waals surface area contributed by atoms with Crippen LogP contribution >= 0.6 is 12.6 Å². The van der Waals surface area contributed by atoms with Crippen molar-refractivity contribution in [1.82, 2.24) is 0 Å². The first kappa shape index (κ1) is 23.3. The molecule has 0 radical (unpaired) electrons. The molecule has 0 amide bonds. The zero-order valence-electron chi connectivity index (χ0n) is 11.3. The van der Waals surface area contributed by atoms with Gasteiger partial charge in [-0.25, -0.2) is 0 Å². The zero-order valence-corrected chi connectivity index (χ0v) is 12.2. The predicted octanol–water partition coefficient (Wildman–Crippen LogP) is 1.05. The molecular weight excluding hydrogens is 292 g/mol. The number of rotatable bonds is 6. The quantitative estimate of drug-likeness (QED) is 0.457. The lowest BCUT2D eigenvalue weighted by Gasteiger charge is -1.98. The van der Waals surface area contributed by atoms with Crippen LogP contribution in [0.2, 0.25) is 0 Å². The Kier molecular flexibility index (Phi) is 17.8. The Morgan fingerprint density at radius 1 is 0.950 bits per heavy atom. The summed E-state index contributed by atoms with van der Waals surface area (Å²) in [6.45, 7) is 2.96. The van der Waals surface area contributed by atoms with Crippen molar-refractivity contribution in [3.63, 3.8) is 0 Å². The lowest BCUT2D eigenvalue weighted by atomic mass is 10.1. The molecule has 1 atom stereocenters. The van der Waals surface area contributed by atoms with E-state index in [0.717, 1.165) is 0 Å². The van der Waals surface area contributed by atoms with Gasteiger partial charge in [-0.3, -0.25) is 19.2 Å². The first-order valence-electron chi connectivity index (χ1n) is 5.57. The van der Waals surface area contributed by atoms with Crippen molar-refractivity contribution in [3.05, 3.63) is 0 Å². The molecule has 118 valence electrons. The number of aliphatic carboxylic acids is 4. The average Bonchev–Trinajstić information content (AvgIpc) is 2.29. The van der Waals surface area contributed by atoms with Crippen LogP contribution in [0.4, 0.5) is 0 Å². The fourth-order valence-corrected chi connectivity index (χ4v) is 0.636. The van der Waals surface area contributed by atoms with E-state index < -0.39 is 29.8 Å². The number of thiol groups is 1. The van der Waals surface area contributed by atoms with Gasteiger partial charge in [-0.15, -0.1) is 0 Å². The minimum atomic E-state index is -1.08. The van der Waals surface area contributed by atoms with Crippen LogP contribution in [-0.2, 0) is 19.2 Å². The van der Waals surface area contributed by atoms with Crippen LogP contribution < -0.4 is 0 Å². The summed E-state index contributed by atoms with van der Waals surface area (Å²) >= 11 is 3.68. The topological polar surface area (TPSA) is 149 Å². The molecular formula is C11H20O8S. The van der Waals surface area contributed by atoms with Gasteiger partial charge in [0.15, 0.2) is 0 Å². The van der Waals surface area contributed by atoms with Crippen LogP contribution in [0.25, 0.3) is 0 Å². The Bertz CT molecular complexity index is 316. The average molecular weight is 312 g/mol. The molecule has 4 N–H and O–H groups in total. The third-order valence-electron chi connectivity index (χ3n) is 1.53. The van der Waals surface area contributed by atoms with Crippen molar-refractivity contribution in [2.45, 2.75) is 33.1 Å². The SMILES string of the molecule is CC(CC(=O)O)C(=O)O.CCC(=O)O.O=C(O)CCS. The van der Waals surface area contributed by atoms with Crippen molar-refractivity contribution < 1.29 is 39.6 Å². The smallest absolute Gasteiger partial charge is 0.306 e. The molecule has 0 aromatic carbocycles. The molecule has 0 aliphatic rings. The number of carboxylic acids is 4. The van der Waals surface area contributed by atoms with E-state index >= 15 is 0 Å². The number of hydrogen-bond donors (Lipinski definition) is 5. The zero-order chi connectivity index (χ0) is 16.7. The van der Waals surface area contributed by atoms with E-state index in [1.807, 2.05) is 0 Å². The highest BCUT2D eigenvalue weighted by atomic mass is 32.1. The van der Waals surface area contributed by atoms with Crippen LogP contribution in [0, 0.1) is 5.92 Å². The number of hydrogen-bond acceptors (Lipinski definition) is 5. The highest BCUT2D eigenvalue weighted by molar-refractivity contribution is 7.80. The molecule has 0 rings (SSSR count). The standard InChI is InChI=1S/C5H8O4.C3H6O2S.C3H6O2/c1-3(5(8)9)2-4(6)7;4-3(5)1-2-6;1-2-3(4)5/h3H,2H2,1H3,(H,6,7)(H,8,9);6H,1-2H2,(H,4,5);2H2,1H3,(H,4,5). The van der Waals surface area contributed by atoms with Crippen LogP contribution in [-0.4, -0.2) is 50.1 Å². The molecule has 0 spiro atoms. The molecule has 0 aliphatic carbocycles. The first-order chi connectivity index (χ1) is 9.08. The van der Waals surface area contributed by atoms with Gasteiger partial charge in [0.2, 0.25) is 0 Å². The Morgan fingerprint density at radius 3 is 1.40 bits per heavy atom. The molecule has 0 saturated heterocycles. The molecule has 0 aromatic heterocycles. The molecule has 8 nitrogen and oxygen atoms in total. The van der Waals surface area contributed by atoms with Crippen molar-refractivity contribution in [3.8, 4) is 0 Å². The third-order valence-corrected chi connectivity index (χ3v) is 1.75. The highest BCUT2D eigenvalue weighted by Gasteiger charge is 2.13. The lowest BCUT2D eigenvalue weighted by molar-refractivity contribution is -0.147. The fourth-order valence-electron chi connectivity index (χ4n) is 0.445. The largest absolute Gasteiger partial charge is 0.481 e. The number of carboxylic acid groups (broad SMARTS) is 4. The lowest BCUT2D eigenvalue weighted by Crippen LogP contribution is -2.13. The van der Waals surface area contributed by atoms with Crippen molar-refractivity contribution in [2.24, 2.45) is 5.92 Å². The predicted molar refractivity (Wildman–Crippen MR) is 73.1 cm³/mol. The summed E-state index contributed by atoms with van der Waals surface area (Å²) in [4.78, 5) is 38.7. The van der Waals surface area contributed by atoms with Gasteiger partial charge in [-0.2, -0.15) is 12.6 Å². The van der Waals surface area contributed by atoms with E-state index in [1.165, 1.54) is 6.92 Å². The van der Waals surface area contributed by atoms with Crippen molar-refractivity contribution in [2.75, 3.05) is 5.75 Å². The summed E-state index contributed by atoms with van der Waals surface area (Å²) in [6.07, 6.45) is 0.0679. The second kappa shape index (κ2) is 15.3. The molecule has 0 heterocycles. The summed E-state index contributed by atoms with van der Waals surface area (Å²) < 4.78 is 0. The highest BCUT2D eigenvalue weighted by Crippen LogP contribution is 1.99. The van der Waals surface area contributed by atoms with Crippen LogP contribution in [0.1, 0.15) is 33.1 Å². The van der Waals surface area contributed by atoms with E-state index in [2.05, 4.69) is 12.6 Å². The summed E-state index contributed by atoms with van der Waals surface area (Å²) in [5.41, 5.74) is 0. The molecule has 0 fully saturated rings. The van der Waals surface area contributed by atoms with Gasteiger partial charge in [0.25, 0.3) is 0 Å². The Labute approximate surface area is 121 Å². The van der Waals surface area contributed by atoms with Gasteiger partial charge in [-0.1, -0.05) is 13.8 Å². The van der Waals surface area contributed by atoms with Gasteiger partial charge >= 0.3 is 23.9 Å². The van der Waals surface area contributed by atoms with E-state index in [9.17, 15) is 19.2 Å². The third kappa shape index (κ3) is 29.9. The minimum absolute atomic E-state index is 0.156. The molecule has 20 heavy (non-hydrogen) atoms. The molecule has 9 heteroatoms. The summed E-state index contributed by atoms with van der Waals surface area (Å²) in [5, 5.41) is 31.8. The molecule has 1 unspecified atom stereocenters. The van der Waals surface area contributed by atoms with Crippen molar-refractivity contribution in [1.29, 1.82) is 0 Å². The van der Waals surface area contributed by atoms with E-state index in [-0.39, 0.29) is 19.3 Å². The van der Waals surface area contributed by atoms with Crippen LogP contribution in [0.15, 0.2) is 0 Å². The Morgan fingerprint density at radius 2 is 1.35 bits per heavy atom. The monoisotopic (exact) mass is 312 g/mol. The Hall–Kier alpha value is -1.77. The molecule has 0 aromatic rings. The molecule has 0 saturated carbocycles. The van der Waals surface area contributed by atoms with Gasteiger partial charge in [0, 0.05) is 12.2 Å². The van der Waals surface area contributed by atoms with Gasteiger partial charge in [0.1, 0.15) is 0 Å². The van der Waals surface area contributed by atoms with Gasteiger partial charge < -0.3 is 20.4 Å². The normalized spacial score (nSPS) is 9.95. The maximum Gasteiger partial charge on any atom is 0.306 e. The first-order valence-corrected chi connectivity index (χ1v) is 6.20. The summed E-state index contributed by atoms with van der Waals surface area (Å²) in [6, 6.07) is 0. The van der Waals surface area contributed by atoms with Gasteiger partial charge in [-0.05, 0) is 0 Å². The van der Waals surface area contributed by atoms with Crippen molar-refractivity contribution >= 4 is 36.5 Å². The summed E-state index contributed by atoms with van der Waals surface area (Å²) in [5.74, 6) is -4.05. The maximum atomic E-state index is 9.97. The van der Waals surface area contributed by atoms with E-state index in [0.29, 0.717) is 5.75 Å². The molecule has 0 bridgehead atoms. The van der Waals surface area contributed by atoms with Gasteiger partial charge in [0.05, 0.1) is 18.8 Å². The maximum absolute atomic E-state index is 9.97. The fraction of sp³-hybridized carbons (Fsp3) is 0.636. The Balaban J connectivity index is -0.000000230. The van der Waals surface area contributed by atoms with Crippen LogP contribution in [0.3, 0.4) is 0 Å². The van der Waals surface area contributed by atoms with E-state index in [1.54, 1.807) is 6.92 Å². The minimum Gasteiger partial charge on any atom is -0.481 e. The van der Waals surface area contributed by atoms with E-state index in [4.69, 9.17) is 20.4 Å². The summed E-state index contributed by atoms with van der Waals surface area (Å²) in [7, 11) is 0. The second-order valence-electron chi connectivity index (χ2n) is 3.45.